The van der Waals surface area contributed by atoms with Gasteiger partial charge in [-0.05, 0) is 28.9 Å². The first-order valence-corrected chi connectivity index (χ1v) is 8.71. The van der Waals surface area contributed by atoms with E-state index in [0.717, 1.165) is 11.3 Å². The standard InChI is InChI=1S/C22H18N2S/c25-22-23-20(17-12-6-2-7-13-17)19(16-10-4-1-5-11-16)21(24-22)18-14-8-3-9-15-18/h1-15,20H,(H2,23,24,25). The minimum absolute atomic E-state index is 0.00700. The first-order valence-electron chi connectivity index (χ1n) is 8.30. The van der Waals surface area contributed by atoms with E-state index >= 15 is 0 Å². The smallest absolute Gasteiger partial charge is 0.171 e. The van der Waals surface area contributed by atoms with Crippen LogP contribution < -0.4 is 10.6 Å². The number of hydrogen-bond acceptors (Lipinski definition) is 1. The molecule has 1 heterocycles. The van der Waals surface area contributed by atoms with Crippen molar-refractivity contribution in [3.63, 3.8) is 0 Å². The third-order valence-corrected chi connectivity index (χ3v) is 4.57. The third-order valence-electron chi connectivity index (χ3n) is 4.35. The lowest BCUT2D eigenvalue weighted by Gasteiger charge is -2.33. The second-order valence-electron chi connectivity index (χ2n) is 5.96. The molecule has 1 atom stereocenters. The highest BCUT2D eigenvalue weighted by molar-refractivity contribution is 7.80. The van der Waals surface area contributed by atoms with Crippen LogP contribution in [0, 0.1) is 0 Å². The molecular formula is C22H18N2S. The monoisotopic (exact) mass is 342 g/mol. The highest BCUT2D eigenvalue weighted by Crippen LogP contribution is 2.37. The van der Waals surface area contributed by atoms with E-state index in [-0.39, 0.29) is 6.04 Å². The molecule has 4 rings (SSSR count). The maximum Gasteiger partial charge on any atom is 0.171 e. The van der Waals surface area contributed by atoms with E-state index in [1.54, 1.807) is 0 Å². The molecule has 0 aliphatic carbocycles. The van der Waals surface area contributed by atoms with Crippen LogP contribution in [0.25, 0.3) is 11.3 Å². The summed E-state index contributed by atoms with van der Waals surface area (Å²) in [6, 6.07) is 31.3. The van der Waals surface area contributed by atoms with Crippen molar-refractivity contribution < 1.29 is 0 Å². The van der Waals surface area contributed by atoms with Crippen LogP contribution in [0.15, 0.2) is 91.0 Å². The zero-order valence-electron chi connectivity index (χ0n) is 13.6. The summed E-state index contributed by atoms with van der Waals surface area (Å²) in [5.74, 6) is 0. The van der Waals surface area contributed by atoms with Crippen molar-refractivity contribution in [2.45, 2.75) is 6.04 Å². The van der Waals surface area contributed by atoms with Crippen molar-refractivity contribution in [3.8, 4) is 0 Å². The van der Waals surface area contributed by atoms with Crippen LogP contribution in [-0.4, -0.2) is 5.11 Å². The van der Waals surface area contributed by atoms with Gasteiger partial charge in [0.1, 0.15) is 0 Å². The Hall–Kier alpha value is -2.91. The molecule has 2 nitrogen and oxygen atoms in total. The van der Waals surface area contributed by atoms with E-state index in [1.807, 2.05) is 18.2 Å². The van der Waals surface area contributed by atoms with Gasteiger partial charge in [-0.2, -0.15) is 0 Å². The summed E-state index contributed by atoms with van der Waals surface area (Å²) in [7, 11) is 0. The molecule has 1 unspecified atom stereocenters. The molecule has 0 radical (unpaired) electrons. The van der Waals surface area contributed by atoms with Gasteiger partial charge in [0.25, 0.3) is 0 Å². The highest BCUT2D eigenvalue weighted by Gasteiger charge is 2.28. The lowest BCUT2D eigenvalue weighted by atomic mass is 9.88. The van der Waals surface area contributed by atoms with E-state index in [0.29, 0.717) is 5.11 Å². The van der Waals surface area contributed by atoms with Crippen LogP contribution in [0.2, 0.25) is 0 Å². The molecule has 3 aromatic rings. The summed E-state index contributed by atoms with van der Waals surface area (Å²) < 4.78 is 0. The molecule has 0 saturated heterocycles. The average Bonchev–Trinajstić information content (AvgIpc) is 2.69. The van der Waals surface area contributed by atoms with Gasteiger partial charge >= 0.3 is 0 Å². The van der Waals surface area contributed by atoms with Crippen molar-refractivity contribution in [1.82, 2.24) is 10.6 Å². The molecule has 122 valence electrons. The zero-order valence-corrected chi connectivity index (χ0v) is 14.5. The lowest BCUT2D eigenvalue weighted by Crippen LogP contribution is -2.42. The first-order chi connectivity index (χ1) is 12.3. The Morgan fingerprint density at radius 2 is 1.16 bits per heavy atom. The minimum Gasteiger partial charge on any atom is -0.351 e. The fourth-order valence-electron chi connectivity index (χ4n) is 3.22. The van der Waals surface area contributed by atoms with Crippen molar-refractivity contribution in [2.75, 3.05) is 0 Å². The second-order valence-corrected chi connectivity index (χ2v) is 6.37. The summed E-state index contributed by atoms with van der Waals surface area (Å²) in [4.78, 5) is 0. The van der Waals surface area contributed by atoms with Gasteiger partial charge in [0.2, 0.25) is 0 Å². The number of rotatable bonds is 3. The molecule has 0 saturated carbocycles. The summed E-state index contributed by atoms with van der Waals surface area (Å²) in [6.07, 6.45) is 0. The van der Waals surface area contributed by atoms with Crippen LogP contribution in [0.4, 0.5) is 0 Å². The molecule has 2 N–H and O–H groups in total. The zero-order chi connectivity index (χ0) is 17.1. The second kappa shape index (κ2) is 6.91. The Bertz CT molecular complexity index is 903. The first kappa shape index (κ1) is 15.6. The SMILES string of the molecule is S=C1NC(c2ccccc2)=C(c2ccccc2)C(c2ccccc2)N1. The Balaban J connectivity index is 1.96. The molecule has 0 spiro atoms. The Kier molecular flexibility index (Phi) is 4.32. The lowest BCUT2D eigenvalue weighted by molar-refractivity contribution is 0.785. The molecule has 0 amide bonds. The van der Waals surface area contributed by atoms with Crippen molar-refractivity contribution in [3.05, 3.63) is 108 Å². The molecular weight excluding hydrogens is 324 g/mol. The molecule has 25 heavy (non-hydrogen) atoms. The average molecular weight is 342 g/mol. The molecule has 0 bridgehead atoms. The van der Waals surface area contributed by atoms with Gasteiger partial charge in [0, 0.05) is 5.57 Å². The minimum atomic E-state index is 0.00700. The summed E-state index contributed by atoms with van der Waals surface area (Å²) >= 11 is 5.51. The van der Waals surface area contributed by atoms with Gasteiger partial charge in [-0.15, -0.1) is 0 Å². The van der Waals surface area contributed by atoms with E-state index in [1.165, 1.54) is 16.7 Å². The maximum atomic E-state index is 5.51. The largest absolute Gasteiger partial charge is 0.351 e. The summed E-state index contributed by atoms with van der Waals surface area (Å²) in [6.45, 7) is 0. The fourth-order valence-corrected chi connectivity index (χ4v) is 3.44. The number of benzene rings is 3. The molecule has 3 heteroatoms. The fraction of sp³-hybridized carbons (Fsp3) is 0.0455. The van der Waals surface area contributed by atoms with Gasteiger partial charge < -0.3 is 10.6 Å². The van der Waals surface area contributed by atoms with Crippen LogP contribution in [0.1, 0.15) is 22.7 Å². The van der Waals surface area contributed by atoms with E-state index in [9.17, 15) is 0 Å². The Morgan fingerprint density at radius 1 is 0.640 bits per heavy atom. The molecule has 0 aromatic heterocycles. The van der Waals surface area contributed by atoms with Gasteiger partial charge in [0.15, 0.2) is 5.11 Å². The van der Waals surface area contributed by atoms with E-state index in [4.69, 9.17) is 12.2 Å². The molecule has 3 aromatic carbocycles. The summed E-state index contributed by atoms with van der Waals surface area (Å²) in [5.41, 5.74) is 5.76. The van der Waals surface area contributed by atoms with Crippen LogP contribution in [-0.2, 0) is 0 Å². The van der Waals surface area contributed by atoms with Crippen molar-refractivity contribution >= 4 is 28.6 Å². The van der Waals surface area contributed by atoms with Crippen molar-refractivity contribution in [1.29, 1.82) is 0 Å². The Morgan fingerprint density at radius 3 is 1.76 bits per heavy atom. The molecule has 1 aliphatic rings. The Labute approximate surface area is 153 Å². The van der Waals surface area contributed by atoms with Crippen LogP contribution in [0.3, 0.4) is 0 Å². The third kappa shape index (κ3) is 3.19. The normalized spacial score (nSPS) is 17.0. The predicted octanol–water partition coefficient (Wildman–Crippen LogP) is 4.77. The van der Waals surface area contributed by atoms with Gasteiger partial charge in [-0.1, -0.05) is 91.0 Å². The number of thiocarbonyl (C=S) groups is 1. The van der Waals surface area contributed by atoms with Crippen molar-refractivity contribution in [2.24, 2.45) is 0 Å². The quantitative estimate of drug-likeness (QED) is 0.670. The van der Waals surface area contributed by atoms with Gasteiger partial charge in [-0.3, -0.25) is 0 Å². The molecule has 0 fully saturated rings. The molecule has 1 aliphatic heterocycles. The van der Waals surface area contributed by atoms with Crippen LogP contribution >= 0.6 is 12.2 Å². The van der Waals surface area contributed by atoms with Gasteiger partial charge in [-0.25, -0.2) is 0 Å². The van der Waals surface area contributed by atoms with E-state index in [2.05, 4.69) is 83.4 Å². The van der Waals surface area contributed by atoms with E-state index < -0.39 is 0 Å². The van der Waals surface area contributed by atoms with Crippen LogP contribution in [0.5, 0.6) is 0 Å². The van der Waals surface area contributed by atoms with Gasteiger partial charge in [0.05, 0.1) is 11.7 Å². The predicted molar refractivity (Wildman–Crippen MR) is 108 cm³/mol. The topological polar surface area (TPSA) is 24.1 Å². The number of nitrogens with one attached hydrogen (secondary N) is 2. The number of hydrogen-bond donors (Lipinski definition) is 2. The summed E-state index contributed by atoms with van der Waals surface area (Å²) in [5, 5.41) is 7.47. The highest BCUT2D eigenvalue weighted by atomic mass is 32.1. The maximum absolute atomic E-state index is 5.51.